The number of fused-ring (bicyclic) bond motifs is 2. The first-order valence-corrected chi connectivity index (χ1v) is 4.75. The summed E-state index contributed by atoms with van der Waals surface area (Å²) >= 11 is 2.24. The van der Waals surface area contributed by atoms with Gasteiger partial charge in [0.1, 0.15) is 0 Å². The molecule has 0 saturated carbocycles. The lowest BCUT2D eigenvalue weighted by atomic mass is 9.99. The predicted octanol–water partition coefficient (Wildman–Crippen LogP) is 1.53. The SMILES string of the molecule is Cl.OC12CCN(C1)/C(=C/I)C2. The van der Waals surface area contributed by atoms with E-state index in [2.05, 4.69) is 31.6 Å². The van der Waals surface area contributed by atoms with Crippen LogP contribution < -0.4 is 0 Å². The Morgan fingerprint density at radius 2 is 2.36 bits per heavy atom. The van der Waals surface area contributed by atoms with Crippen LogP contribution in [0.2, 0.25) is 0 Å². The van der Waals surface area contributed by atoms with E-state index >= 15 is 0 Å². The lowest BCUT2D eigenvalue weighted by Gasteiger charge is -2.19. The fourth-order valence-corrected chi connectivity index (χ4v) is 2.42. The second-order valence-electron chi connectivity index (χ2n) is 3.17. The first-order valence-electron chi connectivity index (χ1n) is 3.50. The van der Waals surface area contributed by atoms with Gasteiger partial charge in [-0.1, -0.05) is 22.6 Å². The zero-order valence-electron chi connectivity index (χ0n) is 6.09. The normalized spacial score (nSPS) is 38.0. The molecule has 2 heterocycles. The molecule has 2 fully saturated rings. The summed E-state index contributed by atoms with van der Waals surface area (Å²) in [5, 5.41) is 9.76. The van der Waals surface area contributed by atoms with Crippen molar-refractivity contribution in [3.05, 3.63) is 9.78 Å². The summed E-state index contributed by atoms with van der Waals surface area (Å²) in [4.78, 5) is 2.27. The number of hydrogen-bond donors (Lipinski definition) is 1. The van der Waals surface area contributed by atoms with Crippen molar-refractivity contribution in [1.82, 2.24) is 4.90 Å². The Balaban J connectivity index is 0.000000605. The molecular formula is C7H11ClINO. The Bertz CT molecular complexity index is 197. The van der Waals surface area contributed by atoms with Gasteiger partial charge in [0.2, 0.25) is 0 Å². The molecule has 0 aliphatic carbocycles. The van der Waals surface area contributed by atoms with Gasteiger partial charge in [0.05, 0.1) is 5.60 Å². The van der Waals surface area contributed by atoms with Crippen LogP contribution in [0.4, 0.5) is 0 Å². The maximum atomic E-state index is 9.76. The first kappa shape index (κ1) is 9.61. The molecule has 2 aliphatic heterocycles. The van der Waals surface area contributed by atoms with Gasteiger partial charge in [0.15, 0.2) is 0 Å². The lowest BCUT2D eigenvalue weighted by Crippen LogP contribution is -2.25. The number of halogens is 2. The van der Waals surface area contributed by atoms with Crippen molar-refractivity contribution in [3.63, 3.8) is 0 Å². The third kappa shape index (κ3) is 1.51. The minimum atomic E-state index is -0.364. The van der Waals surface area contributed by atoms with Crippen LogP contribution >= 0.6 is 35.0 Å². The highest BCUT2D eigenvalue weighted by molar-refractivity contribution is 14.1. The van der Waals surface area contributed by atoms with Crippen molar-refractivity contribution in [2.75, 3.05) is 13.1 Å². The predicted molar refractivity (Wildman–Crippen MR) is 55.1 cm³/mol. The monoisotopic (exact) mass is 287 g/mol. The highest BCUT2D eigenvalue weighted by atomic mass is 127. The Hall–Kier alpha value is 0.520. The van der Waals surface area contributed by atoms with Crippen LogP contribution in [0.3, 0.4) is 0 Å². The van der Waals surface area contributed by atoms with Gasteiger partial charge in [0, 0.05) is 25.2 Å². The molecule has 0 spiro atoms. The van der Waals surface area contributed by atoms with Gasteiger partial charge >= 0.3 is 0 Å². The summed E-state index contributed by atoms with van der Waals surface area (Å²) < 4.78 is 2.08. The Morgan fingerprint density at radius 3 is 2.64 bits per heavy atom. The highest BCUT2D eigenvalue weighted by Gasteiger charge is 2.44. The van der Waals surface area contributed by atoms with Crippen LogP contribution in [-0.2, 0) is 0 Å². The zero-order chi connectivity index (χ0) is 7.19. The maximum Gasteiger partial charge on any atom is 0.0892 e. The van der Waals surface area contributed by atoms with Gasteiger partial charge in [-0.15, -0.1) is 12.4 Å². The van der Waals surface area contributed by atoms with E-state index in [1.807, 2.05) is 0 Å². The van der Waals surface area contributed by atoms with Crippen LogP contribution in [0.1, 0.15) is 12.8 Å². The molecule has 0 aromatic rings. The molecule has 2 aliphatic rings. The van der Waals surface area contributed by atoms with E-state index in [0.717, 1.165) is 25.9 Å². The lowest BCUT2D eigenvalue weighted by molar-refractivity contribution is 0.0720. The third-order valence-electron chi connectivity index (χ3n) is 2.37. The van der Waals surface area contributed by atoms with Crippen molar-refractivity contribution in [3.8, 4) is 0 Å². The smallest absolute Gasteiger partial charge is 0.0892 e. The van der Waals surface area contributed by atoms with E-state index in [-0.39, 0.29) is 18.0 Å². The van der Waals surface area contributed by atoms with Gasteiger partial charge < -0.3 is 10.0 Å². The summed E-state index contributed by atoms with van der Waals surface area (Å²) in [5.74, 6) is 0. The maximum absolute atomic E-state index is 9.76. The van der Waals surface area contributed by atoms with Crippen LogP contribution in [0, 0.1) is 0 Å². The van der Waals surface area contributed by atoms with Gasteiger partial charge in [-0.2, -0.15) is 0 Å². The topological polar surface area (TPSA) is 23.5 Å². The average Bonchev–Trinajstić information content (AvgIpc) is 2.41. The van der Waals surface area contributed by atoms with E-state index in [1.165, 1.54) is 5.70 Å². The Morgan fingerprint density at radius 1 is 1.64 bits per heavy atom. The number of nitrogens with zero attached hydrogens (tertiary/aromatic N) is 1. The molecule has 2 rings (SSSR count). The molecule has 1 atom stereocenters. The van der Waals surface area contributed by atoms with Crippen molar-refractivity contribution in [2.24, 2.45) is 0 Å². The summed E-state index contributed by atoms with van der Waals surface area (Å²) in [7, 11) is 0. The molecule has 4 heteroatoms. The molecule has 2 nitrogen and oxygen atoms in total. The molecule has 2 saturated heterocycles. The summed E-state index contributed by atoms with van der Waals surface area (Å²) in [5.41, 5.74) is 0.950. The third-order valence-corrected chi connectivity index (χ3v) is 3.09. The minimum Gasteiger partial charge on any atom is -0.388 e. The molecule has 1 unspecified atom stereocenters. The molecule has 0 amide bonds. The quantitative estimate of drug-likeness (QED) is 0.683. The molecule has 1 N–H and O–H groups in total. The van der Waals surface area contributed by atoms with E-state index in [0.29, 0.717) is 0 Å². The molecule has 0 radical (unpaired) electrons. The van der Waals surface area contributed by atoms with Crippen molar-refractivity contribution in [1.29, 1.82) is 0 Å². The summed E-state index contributed by atoms with van der Waals surface area (Å²) in [6.45, 7) is 1.91. The molecule has 0 aromatic carbocycles. The van der Waals surface area contributed by atoms with Gasteiger partial charge in [-0.3, -0.25) is 0 Å². The van der Waals surface area contributed by atoms with Gasteiger partial charge in [-0.25, -0.2) is 0 Å². The van der Waals surface area contributed by atoms with E-state index < -0.39 is 0 Å². The molecule has 64 valence electrons. The van der Waals surface area contributed by atoms with Crippen molar-refractivity contribution < 1.29 is 5.11 Å². The Labute approximate surface area is 86.2 Å². The van der Waals surface area contributed by atoms with Crippen molar-refractivity contribution in [2.45, 2.75) is 18.4 Å². The second-order valence-corrected chi connectivity index (χ2v) is 3.80. The van der Waals surface area contributed by atoms with E-state index in [9.17, 15) is 5.11 Å². The fourth-order valence-electron chi connectivity index (χ4n) is 1.80. The standard InChI is InChI=1S/C7H10INO.ClH/c8-4-6-3-7(10)1-2-9(6)5-7;/h4,10H,1-3,5H2;1H/b6-4+;. The van der Waals surface area contributed by atoms with Crippen LogP contribution in [0.5, 0.6) is 0 Å². The van der Waals surface area contributed by atoms with Crippen LogP contribution in [-0.4, -0.2) is 28.7 Å². The number of rotatable bonds is 0. The zero-order valence-corrected chi connectivity index (χ0v) is 9.06. The highest BCUT2D eigenvalue weighted by Crippen LogP contribution is 2.39. The largest absolute Gasteiger partial charge is 0.388 e. The molecule has 11 heavy (non-hydrogen) atoms. The number of hydrogen-bond acceptors (Lipinski definition) is 2. The van der Waals surface area contributed by atoms with Crippen molar-refractivity contribution >= 4 is 35.0 Å². The second kappa shape index (κ2) is 3.11. The molecular weight excluding hydrogens is 276 g/mol. The molecule has 0 aromatic heterocycles. The van der Waals surface area contributed by atoms with Crippen LogP contribution in [0.25, 0.3) is 0 Å². The van der Waals surface area contributed by atoms with Crippen LogP contribution in [0.15, 0.2) is 9.78 Å². The summed E-state index contributed by atoms with van der Waals surface area (Å²) in [6, 6.07) is 0. The fraction of sp³-hybridized carbons (Fsp3) is 0.714. The van der Waals surface area contributed by atoms with Gasteiger partial charge in [-0.05, 0) is 10.5 Å². The van der Waals surface area contributed by atoms with E-state index in [4.69, 9.17) is 0 Å². The molecule has 2 bridgehead atoms. The minimum absolute atomic E-state index is 0. The van der Waals surface area contributed by atoms with E-state index in [1.54, 1.807) is 0 Å². The van der Waals surface area contributed by atoms with Gasteiger partial charge in [0.25, 0.3) is 0 Å². The number of aliphatic hydroxyl groups is 1. The summed E-state index contributed by atoms with van der Waals surface area (Å²) in [6.07, 6.45) is 1.83. The Kier molecular flexibility index (Phi) is 2.71. The first-order chi connectivity index (χ1) is 4.73. The average molecular weight is 288 g/mol. The number of piperidine rings is 1.